The maximum Gasteiger partial charge on any atom is 0.177 e. The van der Waals surface area contributed by atoms with Gasteiger partial charge in [0.25, 0.3) is 0 Å². The molecule has 0 bridgehead atoms. The van der Waals surface area contributed by atoms with Crippen molar-refractivity contribution in [1.82, 2.24) is 0 Å². The Bertz CT molecular complexity index is 363. The number of carbonyl (C=O) groups is 1. The van der Waals surface area contributed by atoms with Crippen molar-refractivity contribution in [2.45, 2.75) is 6.92 Å². The van der Waals surface area contributed by atoms with Crippen molar-refractivity contribution in [2.75, 3.05) is 13.0 Å². The summed E-state index contributed by atoms with van der Waals surface area (Å²) in [7, 11) is 1.56. The summed E-state index contributed by atoms with van der Waals surface area (Å²) in [6.45, 7) is 1.87. The molecule has 0 aliphatic carbocycles. The van der Waals surface area contributed by atoms with Gasteiger partial charge in [0.05, 0.1) is 17.5 Å². The van der Waals surface area contributed by atoms with Crippen molar-refractivity contribution in [1.29, 1.82) is 0 Å². The topological polar surface area (TPSA) is 26.3 Å². The van der Waals surface area contributed by atoms with Gasteiger partial charge in [0, 0.05) is 5.56 Å². The van der Waals surface area contributed by atoms with Gasteiger partial charge in [0.1, 0.15) is 5.75 Å². The minimum Gasteiger partial charge on any atom is -0.496 e. The molecule has 0 radical (unpaired) electrons. The van der Waals surface area contributed by atoms with E-state index in [1.165, 1.54) is 0 Å². The first-order valence-electron chi connectivity index (χ1n) is 4.03. The smallest absolute Gasteiger partial charge is 0.177 e. The number of alkyl halides is 1. The lowest BCUT2D eigenvalue weighted by Crippen LogP contribution is -2.03. The zero-order chi connectivity index (χ0) is 10.7. The van der Waals surface area contributed by atoms with Crippen LogP contribution in [0.5, 0.6) is 5.75 Å². The lowest BCUT2D eigenvalue weighted by Gasteiger charge is -2.08. The molecule has 0 atom stereocenters. The molecule has 76 valence electrons. The summed E-state index contributed by atoms with van der Waals surface area (Å²) >= 11 is 8.83. The van der Waals surface area contributed by atoms with Crippen molar-refractivity contribution >= 4 is 33.3 Å². The van der Waals surface area contributed by atoms with Gasteiger partial charge in [-0.3, -0.25) is 4.79 Å². The summed E-state index contributed by atoms with van der Waals surface area (Å²) in [5, 5.41) is 0. The highest BCUT2D eigenvalue weighted by Crippen LogP contribution is 2.28. The number of ether oxygens (including phenoxy) is 1. The van der Waals surface area contributed by atoms with Gasteiger partial charge in [-0.1, -0.05) is 0 Å². The molecule has 0 heterocycles. The predicted molar refractivity (Wildman–Crippen MR) is 60.5 cm³/mol. The molecule has 0 N–H and O–H groups in total. The molecular weight excluding hydrogens is 267 g/mol. The van der Waals surface area contributed by atoms with E-state index in [1.807, 2.05) is 13.0 Å². The van der Waals surface area contributed by atoms with E-state index in [4.69, 9.17) is 16.3 Å². The Kier molecular flexibility index (Phi) is 3.96. The number of rotatable bonds is 3. The molecule has 0 saturated carbocycles. The number of hydrogen-bond acceptors (Lipinski definition) is 2. The van der Waals surface area contributed by atoms with Crippen LogP contribution in [0, 0.1) is 6.92 Å². The fourth-order valence-corrected chi connectivity index (χ4v) is 1.95. The molecule has 0 amide bonds. The summed E-state index contributed by atoms with van der Waals surface area (Å²) < 4.78 is 5.93. The Hall–Kier alpha value is -0.540. The van der Waals surface area contributed by atoms with Gasteiger partial charge in [-0.25, -0.2) is 0 Å². The van der Waals surface area contributed by atoms with Crippen molar-refractivity contribution in [3.8, 4) is 5.75 Å². The number of hydrogen-bond donors (Lipinski definition) is 0. The van der Waals surface area contributed by atoms with Gasteiger partial charge in [-0.05, 0) is 40.5 Å². The van der Waals surface area contributed by atoms with Crippen molar-refractivity contribution in [3.05, 3.63) is 27.7 Å². The molecule has 1 rings (SSSR count). The molecule has 0 spiro atoms. The number of ketones is 1. The first-order chi connectivity index (χ1) is 6.60. The average Bonchev–Trinajstić information content (AvgIpc) is 2.17. The molecule has 2 nitrogen and oxygen atoms in total. The normalized spacial score (nSPS) is 10.0. The fourth-order valence-electron chi connectivity index (χ4n) is 1.18. The average molecular weight is 278 g/mol. The van der Waals surface area contributed by atoms with Crippen LogP contribution in [0.1, 0.15) is 15.9 Å². The Labute approximate surface area is 96.3 Å². The number of aryl methyl sites for hydroxylation is 1. The van der Waals surface area contributed by atoms with E-state index in [1.54, 1.807) is 13.2 Å². The third-order valence-corrected chi connectivity index (χ3v) is 2.78. The number of methoxy groups -OCH3 is 1. The molecule has 0 aliphatic heterocycles. The predicted octanol–water partition coefficient (Wildman–Crippen LogP) is 3.19. The van der Waals surface area contributed by atoms with Crippen molar-refractivity contribution < 1.29 is 9.53 Å². The summed E-state index contributed by atoms with van der Waals surface area (Å²) in [4.78, 5) is 11.4. The zero-order valence-electron chi connectivity index (χ0n) is 7.93. The molecule has 1 aromatic rings. The lowest BCUT2D eigenvalue weighted by atomic mass is 10.1. The van der Waals surface area contributed by atoms with Crippen LogP contribution in [0.15, 0.2) is 16.6 Å². The highest BCUT2D eigenvalue weighted by atomic mass is 79.9. The van der Waals surface area contributed by atoms with Crippen LogP contribution in [0.4, 0.5) is 0 Å². The molecule has 0 unspecified atom stereocenters. The molecule has 14 heavy (non-hydrogen) atoms. The van der Waals surface area contributed by atoms with Gasteiger partial charge >= 0.3 is 0 Å². The maximum atomic E-state index is 11.4. The van der Waals surface area contributed by atoms with Crippen LogP contribution in [-0.2, 0) is 0 Å². The minimum atomic E-state index is -0.0880. The van der Waals surface area contributed by atoms with Crippen LogP contribution in [0.25, 0.3) is 0 Å². The van der Waals surface area contributed by atoms with E-state index in [9.17, 15) is 4.79 Å². The first-order valence-corrected chi connectivity index (χ1v) is 5.36. The second-order valence-electron chi connectivity index (χ2n) is 2.86. The second-order valence-corrected chi connectivity index (χ2v) is 3.98. The van der Waals surface area contributed by atoms with Crippen LogP contribution in [0.3, 0.4) is 0 Å². The van der Waals surface area contributed by atoms with Gasteiger partial charge in [-0.15, -0.1) is 11.6 Å². The van der Waals surface area contributed by atoms with Gasteiger partial charge in [-0.2, -0.15) is 0 Å². The summed E-state index contributed by atoms with van der Waals surface area (Å²) in [5.41, 5.74) is 1.50. The molecule has 4 heteroatoms. The summed E-state index contributed by atoms with van der Waals surface area (Å²) in [6.07, 6.45) is 0. The largest absolute Gasteiger partial charge is 0.496 e. The standard InChI is InChI=1S/C10H10BrClO2/c1-6-3-8(11)10(14-2)4-7(6)9(13)5-12/h3-4H,5H2,1-2H3. The second kappa shape index (κ2) is 4.80. The molecule has 0 aromatic heterocycles. The highest BCUT2D eigenvalue weighted by molar-refractivity contribution is 9.10. The minimum absolute atomic E-state index is 0.00831. The third kappa shape index (κ3) is 2.28. The Morgan fingerprint density at radius 2 is 2.21 bits per heavy atom. The van der Waals surface area contributed by atoms with E-state index in [0.717, 1.165) is 10.0 Å². The molecule has 1 aromatic carbocycles. The summed E-state index contributed by atoms with van der Waals surface area (Å²) in [5.74, 6) is 0.546. The lowest BCUT2D eigenvalue weighted by molar-refractivity contribution is 0.102. The molecule has 0 saturated heterocycles. The zero-order valence-corrected chi connectivity index (χ0v) is 10.3. The Morgan fingerprint density at radius 3 is 2.71 bits per heavy atom. The highest BCUT2D eigenvalue weighted by Gasteiger charge is 2.11. The first kappa shape index (κ1) is 11.5. The molecule has 0 fully saturated rings. The van der Waals surface area contributed by atoms with Gasteiger partial charge < -0.3 is 4.74 Å². The van der Waals surface area contributed by atoms with E-state index < -0.39 is 0 Å². The fraction of sp³-hybridized carbons (Fsp3) is 0.300. The quantitative estimate of drug-likeness (QED) is 0.626. The van der Waals surface area contributed by atoms with Crippen molar-refractivity contribution in [2.24, 2.45) is 0 Å². The Morgan fingerprint density at radius 1 is 1.57 bits per heavy atom. The number of Topliss-reactive ketones (excluding diaryl/α,β-unsaturated/α-hetero) is 1. The van der Waals surface area contributed by atoms with E-state index in [-0.39, 0.29) is 11.7 Å². The van der Waals surface area contributed by atoms with E-state index in [2.05, 4.69) is 15.9 Å². The SMILES string of the molecule is COc1cc(C(=O)CCl)c(C)cc1Br. The van der Waals surface area contributed by atoms with Crippen LogP contribution >= 0.6 is 27.5 Å². The van der Waals surface area contributed by atoms with E-state index >= 15 is 0 Å². The van der Waals surface area contributed by atoms with Gasteiger partial charge in [0.2, 0.25) is 0 Å². The van der Waals surface area contributed by atoms with Gasteiger partial charge in [0.15, 0.2) is 5.78 Å². The van der Waals surface area contributed by atoms with Crippen LogP contribution < -0.4 is 4.74 Å². The molecular formula is C10H10BrClO2. The summed E-state index contributed by atoms with van der Waals surface area (Å²) in [6, 6.07) is 3.54. The number of halogens is 2. The maximum absolute atomic E-state index is 11.4. The number of carbonyl (C=O) groups excluding carboxylic acids is 1. The van der Waals surface area contributed by atoms with Crippen LogP contribution in [0.2, 0.25) is 0 Å². The molecule has 0 aliphatic rings. The third-order valence-electron chi connectivity index (χ3n) is 1.92. The van der Waals surface area contributed by atoms with Crippen LogP contribution in [-0.4, -0.2) is 18.8 Å². The van der Waals surface area contributed by atoms with E-state index in [0.29, 0.717) is 11.3 Å². The Balaban J connectivity index is 3.24. The van der Waals surface area contributed by atoms with Crippen molar-refractivity contribution in [3.63, 3.8) is 0 Å². The number of benzene rings is 1. The monoisotopic (exact) mass is 276 g/mol.